The van der Waals surface area contributed by atoms with Gasteiger partial charge in [0, 0.05) is 132 Å². The van der Waals surface area contributed by atoms with Gasteiger partial charge in [0.05, 0.1) is 168 Å². The topological polar surface area (TPSA) is 336 Å². The number of nitrogens with one attached hydrogen (secondary N) is 4. The molecule has 0 saturated carbocycles. The summed E-state index contributed by atoms with van der Waals surface area (Å²) in [5.74, 6) is -1.32. The van der Waals surface area contributed by atoms with Crippen molar-refractivity contribution in [2.24, 2.45) is 27.7 Å². The molecule has 2 fully saturated rings. The summed E-state index contributed by atoms with van der Waals surface area (Å²) in [4.78, 5) is 124. The molecule has 2 saturated heterocycles. The Morgan fingerprint density at radius 2 is 0.974 bits per heavy atom. The second kappa shape index (κ2) is 44.3. The van der Waals surface area contributed by atoms with E-state index in [0.717, 1.165) is 48.5 Å². The fourth-order valence-electron chi connectivity index (χ4n) is 13.5. The molecule has 4 aromatic rings. The Labute approximate surface area is 666 Å². The van der Waals surface area contributed by atoms with Crippen molar-refractivity contribution in [3.8, 4) is 23.0 Å². The molecule has 10 rings (SSSR count). The second-order valence-corrected chi connectivity index (χ2v) is 29.0. The molecule has 0 radical (unpaired) electrons. The lowest BCUT2D eigenvalue weighted by atomic mass is 9.94. The lowest BCUT2D eigenvalue weighted by Gasteiger charge is -2.34. The minimum Gasteiger partial charge on any atom is -0.493 e. The average molecular weight is 1580 g/mol. The Hall–Kier alpha value is -9.70. The number of aliphatic imine (C=N–C) groups is 2. The molecule has 114 heavy (non-hydrogen) atoms. The first-order valence-corrected chi connectivity index (χ1v) is 39.4. The van der Waals surface area contributed by atoms with E-state index < -0.39 is 23.9 Å². The first kappa shape index (κ1) is 86.7. The van der Waals surface area contributed by atoms with E-state index in [2.05, 4.69) is 62.4 Å². The lowest BCUT2D eigenvalue weighted by molar-refractivity contribution is -0.140. The number of amides is 8. The molecule has 1 unspecified atom stereocenters. The highest BCUT2D eigenvalue weighted by molar-refractivity contribution is 6.07. The van der Waals surface area contributed by atoms with Gasteiger partial charge in [0.15, 0.2) is 23.0 Å². The van der Waals surface area contributed by atoms with E-state index in [4.69, 9.17) is 66.8 Å². The van der Waals surface area contributed by atoms with Crippen LogP contribution >= 0.6 is 0 Å². The van der Waals surface area contributed by atoms with Crippen LogP contribution in [0.3, 0.4) is 0 Å². The zero-order valence-electron chi connectivity index (χ0n) is 66.8. The van der Waals surface area contributed by atoms with E-state index in [1.165, 1.54) is 24.8 Å². The van der Waals surface area contributed by atoms with Crippen LogP contribution in [0.25, 0.3) is 11.1 Å². The standard InChI is InChI=1S/C83H111N11O20/c1-55(2)66-48-77(97)92(81(66)100)21-18-75(95)84-20-29-106-31-33-108-35-37-110-39-41-112-43-42-111-40-38-109-36-34-107-32-30-105-28-19-76(96)89-78(56(3)4)80(99)87-57(5)79(98)88-62-14-10-58(11-15-62)60-44-64-51-85-69-49-73(71(103-7)46-67(69)82(101)93(64)53-60)113-26-9-27-114-74-50-70-68(47-72(74)104-8)83(102)94-54-61(45-65(94)52-86-70)59-12-16-63(17-13-59)91-24-22-90(6)23-25-91/h10-17,46-47,49-57,64-66,78H,9,18-45,48H2,1-8H3,(H,84,95)(H,87,99)(H,88,98)(H,89,96)/t57-,64-,65-,66?,78-/m0/s1. The number of fused-ring (bicyclic) bond motifs is 4. The summed E-state index contributed by atoms with van der Waals surface area (Å²) in [7, 11) is 5.20. The normalized spacial score (nSPS) is 17.8. The van der Waals surface area contributed by atoms with Gasteiger partial charge in [-0.25, -0.2) is 0 Å². The van der Waals surface area contributed by atoms with Crippen molar-refractivity contribution in [3.63, 3.8) is 0 Å². The summed E-state index contributed by atoms with van der Waals surface area (Å²) in [5, 5.41) is 11.1. The van der Waals surface area contributed by atoms with Gasteiger partial charge in [-0.05, 0) is 84.5 Å². The van der Waals surface area contributed by atoms with E-state index in [9.17, 15) is 38.4 Å². The highest BCUT2D eigenvalue weighted by atomic mass is 16.6. The number of hydrogen-bond acceptors (Lipinski definition) is 24. The fourth-order valence-corrected chi connectivity index (χ4v) is 13.5. The SMILES string of the molecule is COc1cc2c(cc1OCCCOc1cc3c(cc1OC)C(=O)N1C=C(c4ccc(N5CCN(C)CC5)cc4)C[C@H]1C=N3)N=C[C@@H]1CC(c3ccc(NC(=O)[C@H](C)NC(=O)[C@@H](NC(=O)CCOCCOCCOCCOCCOCCOCCOCCOCCNC(=O)CCN4C(=O)CC(C(C)C)C4=O)C(C)C)cc3)=CN1C2=O. The Kier molecular flexibility index (Phi) is 33.7. The number of ether oxygens (including phenoxy) is 12. The monoisotopic (exact) mass is 1580 g/mol. The number of piperazine rings is 1. The molecule has 618 valence electrons. The molecule has 4 N–H and O–H groups in total. The predicted octanol–water partition coefficient (Wildman–Crippen LogP) is 6.89. The summed E-state index contributed by atoms with van der Waals surface area (Å²) in [5.41, 5.74) is 7.28. The maximum absolute atomic E-state index is 14.2. The van der Waals surface area contributed by atoms with E-state index >= 15 is 0 Å². The smallest absolute Gasteiger partial charge is 0.260 e. The first-order valence-electron chi connectivity index (χ1n) is 39.4. The summed E-state index contributed by atoms with van der Waals surface area (Å²) in [6.45, 7) is 19.6. The molecule has 6 aliphatic heterocycles. The molecule has 0 aromatic heterocycles. The molecule has 0 aliphatic carbocycles. The highest BCUT2D eigenvalue weighted by Gasteiger charge is 2.41. The number of hydrogen-bond donors (Lipinski definition) is 4. The number of carbonyl (C=O) groups excluding carboxylic acids is 8. The number of likely N-dealkylation sites (tertiary alicyclic amines) is 1. The van der Waals surface area contributed by atoms with Crippen LogP contribution in [0.2, 0.25) is 0 Å². The van der Waals surface area contributed by atoms with Gasteiger partial charge in [0.25, 0.3) is 11.8 Å². The molecule has 6 aliphatic rings. The van der Waals surface area contributed by atoms with Crippen molar-refractivity contribution in [1.82, 2.24) is 35.6 Å². The van der Waals surface area contributed by atoms with Crippen LogP contribution in [0.4, 0.5) is 22.7 Å². The van der Waals surface area contributed by atoms with E-state index in [1.54, 1.807) is 73.2 Å². The van der Waals surface area contributed by atoms with Crippen molar-refractivity contribution in [3.05, 3.63) is 107 Å². The molecule has 31 nitrogen and oxygen atoms in total. The fraction of sp³-hybridized carbons (Fsp3) is 0.542. The molecule has 8 amide bonds. The number of benzene rings is 4. The summed E-state index contributed by atoms with van der Waals surface area (Å²) in [6.07, 6.45) is 9.21. The maximum Gasteiger partial charge on any atom is 0.260 e. The molecule has 5 atom stereocenters. The van der Waals surface area contributed by atoms with Gasteiger partial charge in [-0.15, -0.1) is 0 Å². The quantitative estimate of drug-likeness (QED) is 0.0258. The van der Waals surface area contributed by atoms with Crippen molar-refractivity contribution in [1.29, 1.82) is 0 Å². The van der Waals surface area contributed by atoms with Crippen molar-refractivity contribution in [2.45, 2.75) is 97.3 Å². The minimum absolute atomic E-state index is 0.0124. The summed E-state index contributed by atoms with van der Waals surface area (Å²) < 4.78 is 68.2. The third-order valence-electron chi connectivity index (χ3n) is 20.2. The molecular formula is C83H111N11O20. The minimum atomic E-state index is -0.944. The first-order chi connectivity index (χ1) is 55.3. The van der Waals surface area contributed by atoms with Crippen molar-refractivity contribution < 1.29 is 95.2 Å². The number of carbonyl (C=O) groups is 8. The Balaban J connectivity index is 0.535. The van der Waals surface area contributed by atoms with Crippen molar-refractivity contribution in [2.75, 3.05) is 190 Å². The third-order valence-corrected chi connectivity index (χ3v) is 20.2. The Bertz CT molecular complexity index is 4030. The molecule has 0 bridgehead atoms. The van der Waals surface area contributed by atoms with Gasteiger partial charge in [0.1, 0.15) is 12.1 Å². The Morgan fingerprint density at radius 3 is 1.43 bits per heavy atom. The molecule has 4 aromatic carbocycles. The molecule has 31 heteroatoms. The third kappa shape index (κ3) is 24.9. The molecular weight excluding hydrogens is 1470 g/mol. The number of anilines is 2. The van der Waals surface area contributed by atoms with Crippen LogP contribution < -0.4 is 45.1 Å². The number of methoxy groups -OCH3 is 2. The Morgan fingerprint density at radius 1 is 0.509 bits per heavy atom. The van der Waals surface area contributed by atoms with Gasteiger partial charge in [-0.3, -0.25) is 53.2 Å². The van der Waals surface area contributed by atoms with Crippen molar-refractivity contribution >= 4 is 93.6 Å². The maximum atomic E-state index is 14.2. The largest absolute Gasteiger partial charge is 0.493 e. The van der Waals surface area contributed by atoms with E-state index in [0.29, 0.717) is 169 Å². The summed E-state index contributed by atoms with van der Waals surface area (Å²) in [6, 6.07) is 20.1. The van der Waals surface area contributed by atoms with Gasteiger partial charge in [-0.1, -0.05) is 52.0 Å². The van der Waals surface area contributed by atoms with Crippen LogP contribution in [0, 0.1) is 17.8 Å². The number of imide groups is 1. The number of rotatable bonds is 48. The second-order valence-electron chi connectivity index (χ2n) is 29.0. The highest BCUT2D eigenvalue weighted by Crippen LogP contribution is 2.43. The number of nitrogens with zero attached hydrogens (tertiary/aromatic N) is 7. The zero-order chi connectivity index (χ0) is 80.9. The van der Waals surface area contributed by atoms with E-state index in [-0.39, 0.29) is 118 Å². The average Bonchev–Trinajstić information content (AvgIpc) is 1.50. The summed E-state index contributed by atoms with van der Waals surface area (Å²) >= 11 is 0. The lowest BCUT2D eigenvalue weighted by Crippen LogP contribution is -2.53. The van der Waals surface area contributed by atoms with E-state index in [1.807, 2.05) is 44.6 Å². The molecule has 6 heterocycles. The number of likely N-dealkylation sites (N-methyl/N-ethyl adjacent to an activating group) is 1. The van der Waals surface area contributed by atoms with Crippen LogP contribution in [0.15, 0.2) is 95.2 Å². The van der Waals surface area contributed by atoms with Crippen LogP contribution in [0.1, 0.15) is 105 Å². The zero-order valence-corrected chi connectivity index (χ0v) is 66.8. The van der Waals surface area contributed by atoms with Crippen LogP contribution in [-0.4, -0.2) is 283 Å². The van der Waals surface area contributed by atoms with Gasteiger partial charge in [-0.2, -0.15) is 0 Å². The van der Waals surface area contributed by atoms with Crippen LogP contribution in [-0.2, 0) is 66.7 Å². The van der Waals surface area contributed by atoms with Crippen LogP contribution in [0.5, 0.6) is 23.0 Å². The van der Waals surface area contributed by atoms with Gasteiger partial charge >= 0.3 is 0 Å². The van der Waals surface area contributed by atoms with Gasteiger partial charge < -0.3 is 97.7 Å². The predicted molar refractivity (Wildman–Crippen MR) is 427 cm³/mol. The van der Waals surface area contributed by atoms with Gasteiger partial charge in [0.2, 0.25) is 35.4 Å². The molecule has 0 spiro atoms.